The second kappa shape index (κ2) is 6.58. The van der Waals surface area contributed by atoms with Gasteiger partial charge in [-0.05, 0) is 30.7 Å². The van der Waals surface area contributed by atoms with E-state index >= 15 is 0 Å². The molecule has 0 fully saturated rings. The summed E-state index contributed by atoms with van der Waals surface area (Å²) in [5, 5.41) is 2.71. The van der Waals surface area contributed by atoms with E-state index in [0.29, 0.717) is 23.4 Å². The number of imidazole rings is 1. The summed E-state index contributed by atoms with van der Waals surface area (Å²) >= 11 is 0. The minimum Gasteiger partial charge on any atom is -0.321 e. The summed E-state index contributed by atoms with van der Waals surface area (Å²) < 4.78 is 40.3. The molecular formula is C18H16F3N3O. The fourth-order valence-corrected chi connectivity index (χ4v) is 2.62. The number of benzene rings is 1. The number of nitrogens with zero attached hydrogens (tertiary/aromatic N) is 2. The van der Waals surface area contributed by atoms with E-state index in [4.69, 9.17) is 0 Å². The summed E-state index contributed by atoms with van der Waals surface area (Å²) in [6, 6.07) is 11.0. The van der Waals surface area contributed by atoms with Crippen LogP contribution in [0.4, 0.5) is 18.9 Å². The number of nitrogens with one attached hydrogen (secondary N) is 1. The lowest BCUT2D eigenvalue weighted by Crippen LogP contribution is -2.17. The number of carbonyl (C=O) groups excluding carboxylic acids is 1. The molecule has 0 aliphatic heterocycles. The van der Waals surface area contributed by atoms with Gasteiger partial charge in [0.1, 0.15) is 11.3 Å². The van der Waals surface area contributed by atoms with Crippen LogP contribution in [0.5, 0.6) is 0 Å². The van der Waals surface area contributed by atoms with Crippen LogP contribution in [0.2, 0.25) is 0 Å². The molecule has 7 heteroatoms. The first-order valence-corrected chi connectivity index (χ1v) is 7.84. The van der Waals surface area contributed by atoms with Crippen LogP contribution in [-0.2, 0) is 12.6 Å². The SMILES string of the molecule is CCCc1nc2ccc(C(F)(F)F)cn2c1C(=O)Nc1ccccc1. The van der Waals surface area contributed by atoms with E-state index in [9.17, 15) is 18.0 Å². The zero-order valence-corrected chi connectivity index (χ0v) is 13.5. The molecule has 0 unspecified atom stereocenters. The molecule has 0 saturated carbocycles. The molecule has 0 atom stereocenters. The summed E-state index contributed by atoms with van der Waals surface area (Å²) in [6.45, 7) is 1.92. The number of alkyl halides is 3. The van der Waals surface area contributed by atoms with E-state index in [1.807, 2.05) is 13.0 Å². The Morgan fingerprint density at radius 2 is 1.88 bits per heavy atom. The number of carbonyl (C=O) groups is 1. The van der Waals surface area contributed by atoms with E-state index in [-0.39, 0.29) is 5.69 Å². The Labute approximate surface area is 142 Å². The Hall–Kier alpha value is -2.83. The lowest BCUT2D eigenvalue weighted by Gasteiger charge is -2.09. The number of hydrogen-bond acceptors (Lipinski definition) is 2. The van der Waals surface area contributed by atoms with Gasteiger partial charge in [-0.1, -0.05) is 31.5 Å². The third-order valence-corrected chi connectivity index (χ3v) is 3.75. The van der Waals surface area contributed by atoms with E-state index in [2.05, 4.69) is 10.3 Å². The normalized spacial score (nSPS) is 11.7. The van der Waals surface area contributed by atoms with E-state index in [1.165, 1.54) is 10.5 Å². The summed E-state index contributed by atoms with van der Waals surface area (Å²) in [5.74, 6) is -0.485. The zero-order valence-electron chi connectivity index (χ0n) is 13.5. The van der Waals surface area contributed by atoms with Crippen LogP contribution in [-0.4, -0.2) is 15.3 Å². The quantitative estimate of drug-likeness (QED) is 0.752. The van der Waals surface area contributed by atoms with Gasteiger partial charge >= 0.3 is 6.18 Å². The highest BCUT2D eigenvalue weighted by atomic mass is 19.4. The summed E-state index contributed by atoms with van der Waals surface area (Å²) in [6.07, 6.45) is -2.35. The molecule has 4 nitrogen and oxygen atoms in total. The predicted molar refractivity (Wildman–Crippen MR) is 88.6 cm³/mol. The molecule has 2 aromatic heterocycles. The van der Waals surface area contributed by atoms with Crippen molar-refractivity contribution in [2.75, 3.05) is 5.32 Å². The Balaban J connectivity index is 2.09. The van der Waals surface area contributed by atoms with Gasteiger partial charge in [-0.3, -0.25) is 9.20 Å². The van der Waals surface area contributed by atoms with Gasteiger partial charge in [0.05, 0.1) is 11.3 Å². The highest BCUT2D eigenvalue weighted by Crippen LogP contribution is 2.30. The number of aryl methyl sites for hydroxylation is 1. The van der Waals surface area contributed by atoms with Crippen molar-refractivity contribution < 1.29 is 18.0 Å². The van der Waals surface area contributed by atoms with Gasteiger partial charge in [0.15, 0.2) is 0 Å². The van der Waals surface area contributed by atoms with Gasteiger partial charge in [0, 0.05) is 11.9 Å². The Morgan fingerprint density at radius 3 is 2.52 bits per heavy atom. The van der Waals surface area contributed by atoms with Crippen molar-refractivity contribution in [3.8, 4) is 0 Å². The van der Waals surface area contributed by atoms with Crippen molar-refractivity contribution in [1.82, 2.24) is 9.38 Å². The average molecular weight is 347 g/mol. The topological polar surface area (TPSA) is 46.4 Å². The summed E-state index contributed by atoms with van der Waals surface area (Å²) in [7, 11) is 0. The molecule has 1 N–H and O–H groups in total. The first-order chi connectivity index (χ1) is 11.9. The molecule has 3 aromatic rings. The fraction of sp³-hybridized carbons (Fsp3) is 0.222. The van der Waals surface area contributed by atoms with Crippen molar-refractivity contribution in [2.45, 2.75) is 25.9 Å². The Morgan fingerprint density at radius 1 is 1.16 bits per heavy atom. The molecule has 0 saturated heterocycles. The van der Waals surface area contributed by atoms with Gasteiger partial charge in [0.25, 0.3) is 5.91 Å². The third-order valence-electron chi connectivity index (χ3n) is 3.75. The van der Waals surface area contributed by atoms with Crippen LogP contribution in [0.3, 0.4) is 0 Å². The van der Waals surface area contributed by atoms with Gasteiger partial charge in [-0.25, -0.2) is 4.98 Å². The van der Waals surface area contributed by atoms with Crippen molar-refractivity contribution in [1.29, 1.82) is 0 Å². The van der Waals surface area contributed by atoms with Gasteiger partial charge in [-0.2, -0.15) is 13.2 Å². The fourth-order valence-electron chi connectivity index (χ4n) is 2.62. The molecular weight excluding hydrogens is 331 g/mol. The number of hydrogen-bond donors (Lipinski definition) is 1. The molecule has 2 heterocycles. The average Bonchev–Trinajstić information content (AvgIpc) is 2.92. The van der Waals surface area contributed by atoms with Crippen LogP contribution in [0, 0.1) is 0 Å². The van der Waals surface area contributed by atoms with Crippen molar-refractivity contribution in [3.63, 3.8) is 0 Å². The second-order valence-electron chi connectivity index (χ2n) is 5.62. The van der Waals surface area contributed by atoms with Crippen LogP contribution < -0.4 is 5.32 Å². The van der Waals surface area contributed by atoms with Crippen LogP contribution in [0.25, 0.3) is 5.65 Å². The summed E-state index contributed by atoms with van der Waals surface area (Å²) in [4.78, 5) is 17.0. The Bertz CT molecular complexity index is 901. The number of amides is 1. The molecule has 0 radical (unpaired) electrons. The second-order valence-corrected chi connectivity index (χ2v) is 5.62. The highest BCUT2D eigenvalue weighted by Gasteiger charge is 2.31. The van der Waals surface area contributed by atoms with E-state index in [0.717, 1.165) is 18.7 Å². The first-order valence-electron chi connectivity index (χ1n) is 7.84. The molecule has 0 spiro atoms. The van der Waals surface area contributed by atoms with Crippen molar-refractivity contribution in [3.05, 3.63) is 65.6 Å². The summed E-state index contributed by atoms with van der Waals surface area (Å²) in [5.41, 5.74) is 0.669. The van der Waals surface area contributed by atoms with Gasteiger partial charge < -0.3 is 5.32 Å². The number of aromatic nitrogens is 2. The molecule has 25 heavy (non-hydrogen) atoms. The lowest BCUT2D eigenvalue weighted by atomic mass is 10.2. The molecule has 0 aliphatic carbocycles. The first kappa shape index (κ1) is 17.0. The smallest absolute Gasteiger partial charge is 0.321 e. The predicted octanol–water partition coefficient (Wildman–Crippen LogP) is 4.56. The number of para-hydroxylation sites is 1. The standard InChI is InChI=1S/C18H16F3N3O/c1-2-6-14-16(17(25)22-13-7-4-3-5-8-13)24-11-12(18(19,20)21)9-10-15(24)23-14/h3-5,7-11H,2,6H2,1H3,(H,22,25). The van der Waals surface area contributed by atoms with E-state index in [1.54, 1.807) is 24.3 Å². The molecule has 0 aliphatic rings. The highest BCUT2D eigenvalue weighted by molar-refractivity contribution is 6.04. The Kier molecular flexibility index (Phi) is 4.48. The number of pyridine rings is 1. The van der Waals surface area contributed by atoms with Gasteiger partial charge in [0.2, 0.25) is 0 Å². The minimum absolute atomic E-state index is 0.131. The maximum Gasteiger partial charge on any atom is 0.417 e. The third kappa shape index (κ3) is 3.50. The molecule has 1 aromatic carbocycles. The number of rotatable bonds is 4. The lowest BCUT2D eigenvalue weighted by molar-refractivity contribution is -0.137. The maximum atomic E-state index is 13.0. The number of anilines is 1. The molecule has 3 rings (SSSR count). The zero-order chi connectivity index (χ0) is 18.0. The van der Waals surface area contributed by atoms with Crippen molar-refractivity contribution in [2.24, 2.45) is 0 Å². The number of halogens is 3. The monoisotopic (exact) mass is 347 g/mol. The largest absolute Gasteiger partial charge is 0.417 e. The molecule has 1 amide bonds. The van der Waals surface area contributed by atoms with E-state index < -0.39 is 17.6 Å². The van der Waals surface area contributed by atoms with Crippen molar-refractivity contribution >= 4 is 17.2 Å². The minimum atomic E-state index is -4.49. The number of fused-ring (bicyclic) bond motifs is 1. The van der Waals surface area contributed by atoms with Crippen LogP contribution in [0.15, 0.2) is 48.7 Å². The van der Waals surface area contributed by atoms with Crippen LogP contribution >= 0.6 is 0 Å². The maximum absolute atomic E-state index is 13.0. The van der Waals surface area contributed by atoms with Crippen LogP contribution in [0.1, 0.15) is 35.1 Å². The molecule has 130 valence electrons. The molecule has 0 bridgehead atoms. The van der Waals surface area contributed by atoms with Gasteiger partial charge in [-0.15, -0.1) is 0 Å².